The molecule has 0 saturated heterocycles. The highest BCUT2D eigenvalue weighted by Gasteiger charge is 2.21. The van der Waals surface area contributed by atoms with Gasteiger partial charge in [0.15, 0.2) is 0 Å². The lowest BCUT2D eigenvalue weighted by Crippen LogP contribution is -2.32. The Bertz CT molecular complexity index is 1130. The number of hydrogen-bond donors (Lipinski definition) is 1. The molecule has 0 fully saturated rings. The van der Waals surface area contributed by atoms with Crippen LogP contribution in [-0.2, 0) is 18.3 Å². The second-order valence-corrected chi connectivity index (χ2v) is 7.18. The van der Waals surface area contributed by atoms with Crippen molar-refractivity contribution in [3.8, 4) is 0 Å². The number of rotatable bonds is 5. The maximum atomic E-state index is 12.9. The van der Waals surface area contributed by atoms with E-state index in [0.29, 0.717) is 0 Å². The number of hydrogen-bond acceptors (Lipinski definition) is 3. The molecule has 1 N–H and O–H groups in total. The molecule has 2 heterocycles. The van der Waals surface area contributed by atoms with E-state index in [0.717, 1.165) is 27.9 Å². The SMILES string of the molecule is Cc1cc2occ(CC(=O)NC(c3ccccc3)c3nccn3C)c2cc1C. The summed E-state index contributed by atoms with van der Waals surface area (Å²) in [7, 11) is 1.93. The van der Waals surface area contributed by atoms with E-state index in [1.54, 1.807) is 12.5 Å². The summed E-state index contributed by atoms with van der Waals surface area (Å²) in [6, 6.07) is 13.7. The number of carbonyl (C=O) groups is 1. The smallest absolute Gasteiger partial charge is 0.225 e. The molecule has 2 aromatic heterocycles. The van der Waals surface area contributed by atoms with Crippen molar-refractivity contribution in [1.82, 2.24) is 14.9 Å². The van der Waals surface area contributed by atoms with Gasteiger partial charge in [-0.15, -0.1) is 0 Å². The maximum Gasteiger partial charge on any atom is 0.225 e. The highest BCUT2D eigenvalue weighted by Crippen LogP contribution is 2.26. The molecular formula is C23H23N3O2. The Labute approximate surface area is 164 Å². The molecule has 4 rings (SSSR count). The third kappa shape index (κ3) is 3.43. The minimum absolute atomic E-state index is 0.0715. The lowest BCUT2D eigenvalue weighted by molar-refractivity contribution is -0.121. The topological polar surface area (TPSA) is 60.1 Å². The van der Waals surface area contributed by atoms with Gasteiger partial charge in [-0.25, -0.2) is 4.98 Å². The molecular weight excluding hydrogens is 350 g/mol. The van der Waals surface area contributed by atoms with Crippen molar-refractivity contribution in [2.75, 3.05) is 0 Å². The summed E-state index contributed by atoms with van der Waals surface area (Å²) < 4.78 is 7.60. The van der Waals surface area contributed by atoms with Crippen LogP contribution in [0.1, 0.15) is 34.1 Å². The Hall–Kier alpha value is -3.34. The summed E-state index contributed by atoms with van der Waals surface area (Å²) in [5.41, 5.74) is 5.06. The second-order valence-electron chi connectivity index (χ2n) is 7.18. The van der Waals surface area contributed by atoms with E-state index in [2.05, 4.69) is 30.2 Å². The van der Waals surface area contributed by atoms with Crippen LogP contribution < -0.4 is 5.32 Å². The van der Waals surface area contributed by atoms with Gasteiger partial charge in [-0.3, -0.25) is 4.79 Å². The fourth-order valence-electron chi connectivity index (χ4n) is 3.46. The van der Waals surface area contributed by atoms with E-state index in [9.17, 15) is 4.79 Å². The molecule has 0 aliphatic heterocycles. The van der Waals surface area contributed by atoms with E-state index >= 15 is 0 Å². The first-order chi connectivity index (χ1) is 13.5. The Morgan fingerprint density at radius 3 is 2.64 bits per heavy atom. The van der Waals surface area contributed by atoms with Crippen molar-refractivity contribution in [2.45, 2.75) is 26.3 Å². The molecule has 4 aromatic rings. The van der Waals surface area contributed by atoms with Crippen LogP contribution in [0.25, 0.3) is 11.0 Å². The molecule has 5 heteroatoms. The lowest BCUT2D eigenvalue weighted by Gasteiger charge is -2.19. The zero-order valence-electron chi connectivity index (χ0n) is 16.3. The van der Waals surface area contributed by atoms with E-state index in [1.165, 1.54) is 11.1 Å². The highest BCUT2D eigenvalue weighted by atomic mass is 16.3. The standard InChI is InChI=1S/C23H23N3O2/c1-15-11-19-18(14-28-20(19)12-16(15)2)13-21(27)25-22(17-7-5-4-6-8-17)23-24-9-10-26(23)3/h4-12,14,22H,13H2,1-3H3,(H,25,27). The van der Waals surface area contributed by atoms with Gasteiger partial charge < -0.3 is 14.3 Å². The largest absolute Gasteiger partial charge is 0.464 e. The zero-order chi connectivity index (χ0) is 19.7. The molecule has 5 nitrogen and oxygen atoms in total. The van der Waals surface area contributed by atoms with Gasteiger partial charge in [0, 0.05) is 30.4 Å². The molecule has 0 bridgehead atoms. The van der Waals surface area contributed by atoms with Gasteiger partial charge in [-0.2, -0.15) is 0 Å². The van der Waals surface area contributed by atoms with Crippen LogP contribution in [0, 0.1) is 13.8 Å². The monoisotopic (exact) mass is 373 g/mol. The van der Waals surface area contributed by atoms with E-state index in [4.69, 9.17) is 4.42 Å². The quantitative estimate of drug-likeness (QED) is 0.569. The van der Waals surface area contributed by atoms with Gasteiger partial charge in [0.1, 0.15) is 17.4 Å². The molecule has 0 spiro atoms. The van der Waals surface area contributed by atoms with E-state index < -0.39 is 0 Å². The molecule has 0 aliphatic carbocycles. The second kappa shape index (κ2) is 7.35. The van der Waals surface area contributed by atoms with Crippen molar-refractivity contribution in [2.24, 2.45) is 7.05 Å². The van der Waals surface area contributed by atoms with Gasteiger partial charge in [0.05, 0.1) is 12.7 Å². The van der Waals surface area contributed by atoms with Crippen LogP contribution in [0.15, 0.2) is 65.5 Å². The molecule has 0 radical (unpaired) electrons. The van der Waals surface area contributed by atoms with Crippen LogP contribution >= 0.6 is 0 Å². The van der Waals surface area contributed by atoms with Crippen LogP contribution in [0.4, 0.5) is 0 Å². The fraction of sp³-hybridized carbons (Fsp3) is 0.217. The number of furan rings is 1. The van der Waals surface area contributed by atoms with Crippen LogP contribution in [0.5, 0.6) is 0 Å². The fourth-order valence-corrected chi connectivity index (χ4v) is 3.46. The molecule has 0 saturated carbocycles. The third-order valence-corrected chi connectivity index (χ3v) is 5.18. The number of nitrogens with one attached hydrogen (secondary N) is 1. The third-order valence-electron chi connectivity index (χ3n) is 5.18. The normalized spacial score (nSPS) is 12.2. The minimum Gasteiger partial charge on any atom is -0.464 e. The molecule has 28 heavy (non-hydrogen) atoms. The predicted octanol–water partition coefficient (Wildman–Crippen LogP) is 4.23. The first-order valence-electron chi connectivity index (χ1n) is 9.32. The Balaban J connectivity index is 1.61. The van der Waals surface area contributed by atoms with E-state index in [-0.39, 0.29) is 18.4 Å². The Morgan fingerprint density at radius 2 is 1.93 bits per heavy atom. The highest BCUT2D eigenvalue weighted by molar-refractivity contribution is 5.88. The molecule has 1 amide bonds. The average Bonchev–Trinajstić information content (AvgIpc) is 3.27. The number of aryl methyl sites for hydroxylation is 3. The van der Waals surface area contributed by atoms with Crippen molar-refractivity contribution in [3.63, 3.8) is 0 Å². The number of fused-ring (bicyclic) bond motifs is 1. The summed E-state index contributed by atoms with van der Waals surface area (Å²) >= 11 is 0. The Kier molecular flexibility index (Phi) is 4.74. The van der Waals surface area contributed by atoms with Gasteiger partial charge in [-0.05, 0) is 42.7 Å². The van der Waals surface area contributed by atoms with Gasteiger partial charge in [0.2, 0.25) is 5.91 Å². The summed E-state index contributed by atoms with van der Waals surface area (Å²) in [4.78, 5) is 17.3. The summed E-state index contributed by atoms with van der Waals surface area (Å²) in [6.07, 6.45) is 5.56. The molecule has 0 aliphatic rings. The zero-order valence-corrected chi connectivity index (χ0v) is 16.3. The molecule has 2 aromatic carbocycles. The summed E-state index contributed by atoms with van der Waals surface area (Å²) in [5.74, 6) is 0.723. The van der Waals surface area contributed by atoms with Crippen LogP contribution in [-0.4, -0.2) is 15.5 Å². The predicted molar refractivity (Wildman–Crippen MR) is 109 cm³/mol. The Morgan fingerprint density at radius 1 is 1.18 bits per heavy atom. The minimum atomic E-state index is -0.309. The lowest BCUT2D eigenvalue weighted by atomic mass is 10.0. The number of aromatic nitrogens is 2. The van der Waals surface area contributed by atoms with Crippen LogP contribution in [0.2, 0.25) is 0 Å². The summed E-state index contributed by atoms with van der Waals surface area (Å²) in [6.45, 7) is 4.12. The maximum absolute atomic E-state index is 12.9. The number of imidazole rings is 1. The first kappa shape index (κ1) is 18.0. The molecule has 1 atom stereocenters. The van der Waals surface area contributed by atoms with Gasteiger partial charge in [-0.1, -0.05) is 30.3 Å². The molecule has 142 valence electrons. The van der Waals surface area contributed by atoms with Gasteiger partial charge in [0.25, 0.3) is 0 Å². The number of benzene rings is 2. The average molecular weight is 373 g/mol. The van der Waals surface area contributed by atoms with E-state index in [1.807, 2.05) is 54.2 Å². The van der Waals surface area contributed by atoms with Crippen molar-refractivity contribution in [3.05, 3.63) is 89.2 Å². The molecule has 1 unspecified atom stereocenters. The van der Waals surface area contributed by atoms with Crippen molar-refractivity contribution in [1.29, 1.82) is 0 Å². The van der Waals surface area contributed by atoms with Crippen molar-refractivity contribution >= 4 is 16.9 Å². The number of amides is 1. The number of carbonyl (C=O) groups excluding carboxylic acids is 1. The van der Waals surface area contributed by atoms with Crippen molar-refractivity contribution < 1.29 is 9.21 Å². The first-order valence-corrected chi connectivity index (χ1v) is 9.32. The number of nitrogens with zero attached hydrogens (tertiary/aromatic N) is 2. The summed E-state index contributed by atoms with van der Waals surface area (Å²) in [5, 5.41) is 4.13. The van der Waals surface area contributed by atoms with Crippen LogP contribution in [0.3, 0.4) is 0 Å². The van der Waals surface area contributed by atoms with Gasteiger partial charge >= 0.3 is 0 Å².